The molecule has 106 valence electrons. The zero-order valence-electron chi connectivity index (χ0n) is 11.3. The Morgan fingerprint density at radius 2 is 2.00 bits per heavy atom. The molecule has 5 heteroatoms. The maximum atomic E-state index is 9.62. The minimum Gasteiger partial charge on any atom is -0.389 e. The lowest BCUT2D eigenvalue weighted by Gasteiger charge is -2.21. The highest BCUT2D eigenvalue weighted by Crippen LogP contribution is 2.31. The Kier molecular flexibility index (Phi) is 4.84. The first-order valence-electron chi connectivity index (χ1n) is 6.66. The van der Waals surface area contributed by atoms with E-state index in [9.17, 15) is 10.2 Å². The van der Waals surface area contributed by atoms with Crippen molar-refractivity contribution < 1.29 is 10.2 Å². The number of nitrogens with one attached hydrogen (secondary N) is 1. The van der Waals surface area contributed by atoms with Crippen LogP contribution in [-0.2, 0) is 0 Å². The van der Waals surface area contributed by atoms with E-state index < -0.39 is 12.2 Å². The number of hydrogen-bond donors (Lipinski definition) is 3. The quantitative estimate of drug-likeness (QED) is 0.786. The largest absolute Gasteiger partial charge is 0.389 e. The molecule has 4 nitrogen and oxygen atoms in total. The maximum absolute atomic E-state index is 9.62. The molecule has 1 aliphatic heterocycles. The van der Waals surface area contributed by atoms with E-state index in [1.807, 2.05) is 11.0 Å². The van der Waals surface area contributed by atoms with Crippen LogP contribution in [-0.4, -0.2) is 42.1 Å². The lowest BCUT2D eigenvalue weighted by molar-refractivity contribution is 0.0572. The number of aliphatic hydroxyl groups is 2. The summed E-state index contributed by atoms with van der Waals surface area (Å²) in [5.41, 5.74) is 2.24. The van der Waals surface area contributed by atoms with Gasteiger partial charge in [-0.1, -0.05) is 13.0 Å². The van der Waals surface area contributed by atoms with Crippen molar-refractivity contribution in [3.05, 3.63) is 28.2 Å². The van der Waals surface area contributed by atoms with Crippen LogP contribution in [0.2, 0.25) is 0 Å². The summed E-state index contributed by atoms with van der Waals surface area (Å²) in [4.78, 5) is 2.00. The minimum absolute atomic E-state index is 0.310. The molecule has 19 heavy (non-hydrogen) atoms. The van der Waals surface area contributed by atoms with E-state index in [0.717, 1.165) is 16.7 Å². The molecule has 3 N–H and O–H groups in total. The van der Waals surface area contributed by atoms with Crippen LogP contribution >= 0.6 is 15.9 Å². The molecule has 1 heterocycles. The number of β-amino-alcohol motifs (C(OH)–C–C–N with tert-alkyl or cyclic N) is 2. The van der Waals surface area contributed by atoms with Gasteiger partial charge in [-0.15, -0.1) is 0 Å². The molecule has 0 saturated carbocycles. The van der Waals surface area contributed by atoms with Crippen LogP contribution in [0.1, 0.15) is 25.5 Å². The van der Waals surface area contributed by atoms with Crippen molar-refractivity contribution in [2.45, 2.75) is 32.1 Å². The Morgan fingerprint density at radius 3 is 2.53 bits per heavy atom. The highest BCUT2D eigenvalue weighted by Gasteiger charge is 2.30. The summed E-state index contributed by atoms with van der Waals surface area (Å²) in [6, 6.07) is 6.53. The first-order chi connectivity index (χ1) is 9.02. The molecule has 1 aromatic rings. The van der Waals surface area contributed by atoms with Crippen LogP contribution in [0.15, 0.2) is 22.7 Å². The summed E-state index contributed by atoms with van der Waals surface area (Å²) in [5.74, 6) is 0. The average molecular weight is 329 g/mol. The fraction of sp³-hybridized carbons (Fsp3) is 0.571. The van der Waals surface area contributed by atoms with E-state index in [1.165, 1.54) is 5.56 Å². The van der Waals surface area contributed by atoms with Gasteiger partial charge in [-0.2, -0.15) is 0 Å². The summed E-state index contributed by atoms with van der Waals surface area (Å²) in [7, 11) is 0. The molecule has 1 saturated heterocycles. The minimum atomic E-state index is -0.660. The first-order valence-corrected chi connectivity index (χ1v) is 7.46. The third kappa shape index (κ3) is 3.28. The van der Waals surface area contributed by atoms with Gasteiger partial charge in [0.25, 0.3) is 0 Å². The predicted molar refractivity (Wildman–Crippen MR) is 80.5 cm³/mol. The molecule has 1 fully saturated rings. The summed E-state index contributed by atoms with van der Waals surface area (Å²) >= 11 is 3.58. The number of rotatable bonds is 4. The summed E-state index contributed by atoms with van der Waals surface area (Å²) in [6.45, 7) is 6.11. The lowest BCUT2D eigenvalue weighted by atomic mass is 10.1. The fourth-order valence-electron chi connectivity index (χ4n) is 2.44. The molecule has 3 unspecified atom stereocenters. The lowest BCUT2D eigenvalue weighted by Crippen LogP contribution is -2.22. The normalized spacial score (nSPS) is 24.8. The van der Waals surface area contributed by atoms with E-state index in [-0.39, 0.29) is 0 Å². The number of aliphatic hydroxyl groups excluding tert-OH is 2. The molecule has 0 radical (unpaired) electrons. The van der Waals surface area contributed by atoms with Crippen molar-refractivity contribution >= 4 is 21.6 Å². The monoisotopic (exact) mass is 328 g/mol. The van der Waals surface area contributed by atoms with Gasteiger partial charge >= 0.3 is 0 Å². The second-order valence-corrected chi connectivity index (χ2v) is 5.88. The standard InChI is InChI=1S/C14H21BrN2O2/c1-3-16-9(2)10-4-5-12(11(15)6-10)17-7-13(18)14(19)8-17/h4-6,9,13-14,16,18-19H,3,7-8H2,1-2H3. The fourth-order valence-corrected chi connectivity index (χ4v) is 3.09. The van der Waals surface area contributed by atoms with Crippen LogP contribution in [0.3, 0.4) is 0 Å². The third-order valence-corrected chi connectivity index (χ3v) is 4.22. The smallest absolute Gasteiger partial charge is 0.0990 e. The molecule has 0 bridgehead atoms. The SMILES string of the molecule is CCNC(C)c1ccc(N2CC(O)C(O)C2)c(Br)c1. The highest BCUT2D eigenvalue weighted by atomic mass is 79.9. The Bertz CT molecular complexity index is 431. The number of benzene rings is 1. The molecule has 0 aromatic heterocycles. The molecular weight excluding hydrogens is 308 g/mol. The van der Waals surface area contributed by atoms with Gasteiger partial charge in [-0.05, 0) is 47.1 Å². The summed E-state index contributed by atoms with van der Waals surface area (Å²) in [5, 5.41) is 22.6. The summed E-state index contributed by atoms with van der Waals surface area (Å²) < 4.78 is 0.996. The van der Waals surface area contributed by atoms with Gasteiger partial charge in [0.2, 0.25) is 0 Å². The van der Waals surface area contributed by atoms with E-state index in [1.54, 1.807) is 0 Å². The van der Waals surface area contributed by atoms with Crippen molar-refractivity contribution in [3.63, 3.8) is 0 Å². The van der Waals surface area contributed by atoms with Crippen LogP contribution in [0.4, 0.5) is 5.69 Å². The molecule has 0 spiro atoms. The highest BCUT2D eigenvalue weighted by molar-refractivity contribution is 9.10. The number of nitrogens with zero attached hydrogens (tertiary/aromatic N) is 1. The number of hydrogen-bond acceptors (Lipinski definition) is 4. The van der Waals surface area contributed by atoms with Gasteiger partial charge in [0.1, 0.15) is 0 Å². The van der Waals surface area contributed by atoms with Crippen molar-refractivity contribution in [1.82, 2.24) is 5.32 Å². The van der Waals surface area contributed by atoms with Gasteiger partial charge in [0.15, 0.2) is 0 Å². The number of halogens is 1. The van der Waals surface area contributed by atoms with Crippen LogP contribution in [0, 0.1) is 0 Å². The van der Waals surface area contributed by atoms with Crippen molar-refractivity contribution in [2.24, 2.45) is 0 Å². The maximum Gasteiger partial charge on any atom is 0.0990 e. The zero-order chi connectivity index (χ0) is 14.0. The average Bonchev–Trinajstić information content (AvgIpc) is 2.69. The van der Waals surface area contributed by atoms with Gasteiger partial charge in [0, 0.05) is 23.6 Å². The van der Waals surface area contributed by atoms with Crippen LogP contribution in [0.5, 0.6) is 0 Å². The molecule has 0 amide bonds. The Morgan fingerprint density at radius 1 is 1.37 bits per heavy atom. The Hall–Kier alpha value is -0.620. The number of anilines is 1. The van der Waals surface area contributed by atoms with Crippen molar-refractivity contribution in [2.75, 3.05) is 24.5 Å². The van der Waals surface area contributed by atoms with Crippen molar-refractivity contribution in [1.29, 1.82) is 0 Å². The Balaban J connectivity index is 2.16. The van der Waals surface area contributed by atoms with Gasteiger partial charge in [-0.3, -0.25) is 0 Å². The van der Waals surface area contributed by atoms with E-state index in [4.69, 9.17) is 0 Å². The van der Waals surface area contributed by atoms with Crippen LogP contribution in [0.25, 0.3) is 0 Å². The molecule has 1 aromatic carbocycles. The molecular formula is C14H21BrN2O2. The van der Waals surface area contributed by atoms with E-state index >= 15 is 0 Å². The molecule has 2 rings (SSSR count). The van der Waals surface area contributed by atoms with E-state index in [0.29, 0.717) is 19.1 Å². The molecule has 0 aliphatic carbocycles. The predicted octanol–water partition coefficient (Wildman–Crippen LogP) is 1.66. The van der Waals surface area contributed by atoms with Gasteiger partial charge in [0.05, 0.1) is 17.9 Å². The van der Waals surface area contributed by atoms with Crippen molar-refractivity contribution in [3.8, 4) is 0 Å². The van der Waals surface area contributed by atoms with Gasteiger partial charge in [-0.25, -0.2) is 0 Å². The van der Waals surface area contributed by atoms with E-state index in [2.05, 4.69) is 47.2 Å². The summed E-state index contributed by atoms with van der Waals surface area (Å²) in [6.07, 6.45) is -1.32. The zero-order valence-corrected chi connectivity index (χ0v) is 12.9. The topological polar surface area (TPSA) is 55.7 Å². The second kappa shape index (κ2) is 6.22. The Labute approximate surface area is 122 Å². The first kappa shape index (κ1) is 14.8. The second-order valence-electron chi connectivity index (χ2n) is 5.03. The molecule has 1 aliphatic rings. The van der Waals surface area contributed by atoms with Crippen LogP contribution < -0.4 is 10.2 Å². The van der Waals surface area contributed by atoms with Gasteiger partial charge < -0.3 is 20.4 Å². The third-order valence-electron chi connectivity index (χ3n) is 3.58. The molecule has 3 atom stereocenters.